The molecule has 0 N–H and O–H groups in total. The molecule has 270 valence electrons. The first-order valence-electron chi connectivity index (χ1n) is 19.8. The molecule has 0 amide bonds. The summed E-state index contributed by atoms with van der Waals surface area (Å²) < 4.78 is 7.23. The molecule has 0 saturated heterocycles. The SMILES string of the molecule is c1ccc(-c2ccc(-c3cc(-c4ccccc4)nc(-c4cccc5c4C4(c6ccccc6-5)c5ccc6ccccc6c5Oc5c4ccc4ccccc54)n3)cc2)cc1. The first-order valence-corrected chi connectivity index (χ1v) is 19.8. The average Bonchev–Trinajstić information content (AvgIpc) is 3.60. The number of nitrogens with zero attached hydrogens (tertiary/aromatic N) is 2. The van der Waals surface area contributed by atoms with Crippen LogP contribution in [0.5, 0.6) is 11.5 Å². The lowest BCUT2D eigenvalue weighted by Crippen LogP contribution is -2.33. The second kappa shape index (κ2) is 12.7. The molecule has 9 aromatic carbocycles. The summed E-state index contributed by atoms with van der Waals surface area (Å²) in [7, 11) is 0. The number of fused-ring (bicyclic) bond motifs is 13. The zero-order valence-electron chi connectivity index (χ0n) is 31.4. The lowest BCUT2D eigenvalue weighted by Gasteiger charge is -2.41. The van der Waals surface area contributed by atoms with Crippen LogP contribution in [0.4, 0.5) is 0 Å². The number of benzene rings is 9. The van der Waals surface area contributed by atoms with Gasteiger partial charge in [-0.3, -0.25) is 0 Å². The van der Waals surface area contributed by atoms with Crippen LogP contribution in [0.15, 0.2) is 206 Å². The van der Waals surface area contributed by atoms with Gasteiger partial charge in [-0.1, -0.05) is 200 Å². The van der Waals surface area contributed by atoms with Crippen molar-refractivity contribution in [1.82, 2.24) is 9.97 Å². The standard InChI is InChI=1S/C55H34N2O/c1-3-14-35(15-4-1)36-26-28-40(29-27-36)50-34-49(39-18-5-2-6-19-39)56-54(57-50)45-24-13-23-44-43-22-11-12-25-46(43)55(51(44)45)47-32-30-37-16-7-9-20-41(37)52(47)58-53-42-21-10-8-17-38(42)31-33-48(53)55/h1-34H. The third-order valence-electron chi connectivity index (χ3n) is 12.2. The predicted molar refractivity (Wildman–Crippen MR) is 236 cm³/mol. The Labute approximate surface area is 336 Å². The Morgan fingerprint density at radius 3 is 1.48 bits per heavy atom. The predicted octanol–water partition coefficient (Wildman–Crippen LogP) is 13.9. The van der Waals surface area contributed by atoms with Gasteiger partial charge >= 0.3 is 0 Å². The van der Waals surface area contributed by atoms with E-state index in [2.05, 4.69) is 200 Å². The van der Waals surface area contributed by atoms with E-state index in [1.807, 2.05) is 6.07 Å². The van der Waals surface area contributed by atoms with E-state index in [0.29, 0.717) is 5.82 Å². The van der Waals surface area contributed by atoms with E-state index in [1.165, 1.54) is 33.4 Å². The second-order valence-electron chi connectivity index (χ2n) is 15.2. The van der Waals surface area contributed by atoms with E-state index in [9.17, 15) is 0 Å². The minimum absolute atomic E-state index is 0.684. The van der Waals surface area contributed by atoms with Gasteiger partial charge in [0.05, 0.1) is 16.8 Å². The normalized spacial score (nSPS) is 13.1. The summed E-state index contributed by atoms with van der Waals surface area (Å²) in [6, 6.07) is 73.6. The fourth-order valence-electron chi connectivity index (χ4n) is 9.59. The molecule has 3 heteroatoms. The topological polar surface area (TPSA) is 35.0 Å². The van der Waals surface area contributed by atoms with Gasteiger partial charge in [0.15, 0.2) is 5.82 Å². The Kier molecular flexibility index (Phi) is 7.14. The molecule has 3 nitrogen and oxygen atoms in total. The van der Waals surface area contributed by atoms with Crippen molar-refractivity contribution < 1.29 is 4.74 Å². The van der Waals surface area contributed by atoms with Crippen LogP contribution in [0.2, 0.25) is 0 Å². The van der Waals surface area contributed by atoms with Crippen LogP contribution in [0.3, 0.4) is 0 Å². The van der Waals surface area contributed by atoms with Crippen LogP contribution in [0.25, 0.3) is 77.7 Å². The average molecular weight is 739 g/mol. The molecule has 0 bridgehead atoms. The highest BCUT2D eigenvalue weighted by molar-refractivity contribution is 6.01. The van der Waals surface area contributed by atoms with Crippen molar-refractivity contribution in [2.24, 2.45) is 0 Å². The van der Waals surface area contributed by atoms with Crippen molar-refractivity contribution in [3.05, 3.63) is 229 Å². The second-order valence-corrected chi connectivity index (χ2v) is 15.2. The highest BCUT2D eigenvalue weighted by atomic mass is 16.5. The Hall–Kier alpha value is -7.62. The van der Waals surface area contributed by atoms with Crippen molar-refractivity contribution >= 4 is 21.5 Å². The summed E-state index contributed by atoms with van der Waals surface area (Å²) in [5.41, 5.74) is 13.4. The van der Waals surface area contributed by atoms with E-state index < -0.39 is 5.41 Å². The van der Waals surface area contributed by atoms with Gasteiger partial charge < -0.3 is 4.74 Å². The fraction of sp³-hybridized carbons (Fsp3) is 0.0182. The van der Waals surface area contributed by atoms with Gasteiger partial charge in [0.1, 0.15) is 11.5 Å². The molecule has 0 atom stereocenters. The fourth-order valence-corrected chi connectivity index (χ4v) is 9.59. The van der Waals surface area contributed by atoms with Crippen LogP contribution in [0.1, 0.15) is 22.3 Å². The molecule has 1 spiro atoms. The monoisotopic (exact) mass is 738 g/mol. The summed E-state index contributed by atoms with van der Waals surface area (Å²) in [5.74, 6) is 2.46. The molecule has 58 heavy (non-hydrogen) atoms. The lowest BCUT2D eigenvalue weighted by atomic mass is 9.64. The van der Waals surface area contributed by atoms with Gasteiger partial charge in [0.2, 0.25) is 0 Å². The first kappa shape index (κ1) is 32.6. The molecule has 10 aromatic rings. The number of aromatic nitrogens is 2. The molecule has 1 aliphatic heterocycles. The Morgan fingerprint density at radius 1 is 0.345 bits per heavy atom. The summed E-state index contributed by atoms with van der Waals surface area (Å²) in [5, 5.41) is 4.46. The van der Waals surface area contributed by atoms with Gasteiger partial charge in [-0.05, 0) is 50.2 Å². The molecule has 2 heterocycles. The zero-order valence-corrected chi connectivity index (χ0v) is 31.4. The van der Waals surface area contributed by atoms with Crippen LogP contribution < -0.4 is 4.74 Å². The zero-order chi connectivity index (χ0) is 38.2. The van der Waals surface area contributed by atoms with E-state index in [4.69, 9.17) is 14.7 Å². The molecule has 0 fully saturated rings. The van der Waals surface area contributed by atoms with Crippen LogP contribution in [0, 0.1) is 0 Å². The molecular formula is C55H34N2O. The Balaban J connectivity index is 1.17. The third-order valence-corrected chi connectivity index (χ3v) is 12.2. The van der Waals surface area contributed by atoms with Crippen molar-refractivity contribution in [3.63, 3.8) is 0 Å². The van der Waals surface area contributed by atoms with Crippen LogP contribution in [-0.2, 0) is 5.41 Å². The quantitative estimate of drug-likeness (QED) is 0.180. The van der Waals surface area contributed by atoms with Crippen LogP contribution in [-0.4, -0.2) is 9.97 Å². The minimum Gasteiger partial charge on any atom is -0.455 e. The highest BCUT2D eigenvalue weighted by Gasteiger charge is 2.53. The first-order chi connectivity index (χ1) is 28.8. The largest absolute Gasteiger partial charge is 0.455 e. The van der Waals surface area contributed by atoms with Gasteiger partial charge in [-0.25, -0.2) is 9.97 Å². The molecule has 0 unspecified atom stereocenters. The lowest BCUT2D eigenvalue weighted by molar-refractivity contribution is 0.447. The Morgan fingerprint density at radius 2 is 0.828 bits per heavy atom. The number of rotatable bonds is 4. The maximum absolute atomic E-state index is 7.23. The maximum atomic E-state index is 7.23. The van der Waals surface area contributed by atoms with Gasteiger partial charge in [-0.15, -0.1) is 0 Å². The summed E-state index contributed by atoms with van der Waals surface area (Å²) in [6.45, 7) is 0. The Bertz CT molecular complexity index is 3160. The molecule has 1 aromatic heterocycles. The maximum Gasteiger partial charge on any atom is 0.160 e. The number of ether oxygens (including phenoxy) is 1. The number of hydrogen-bond donors (Lipinski definition) is 0. The summed E-state index contributed by atoms with van der Waals surface area (Å²) in [4.78, 5) is 10.9. The molecule has 2 aliphatic rings. The van der Waals surface area contributed by atoms with Gasteiger partial charge in [0.25, 0.3) is 0 Å². The van der Waals surface area contributed by atoms with E-state index >= 15 is 0 Å². The van der Waals surface area contributed by atoms with E-state index in [1.54, 1.807) is 0 Å². The molecule has 0 saturated carbocycles. The number of hydrogen-bond acceptors (Lipinski definition) is 3. The summed E-state index contributed by atoms with van der Waals surface area (Å²) >= 11 is 0. The van der Waals surface area contributed by atoms with Crippen molar-refractivity contribution in [3.8, 4) is 67.7 Å². The van der Waals surface area contributed by atoms with Crippen molar-refractivity contribution in [2.45, 2.75) is 5.41 Å². The van der Waals surface area contributed by atoms with Gasteiger partial charge in [0, 0.05) is 38.6 Å². The minimum atomic E-state index is -0.733. The molecule has 12 rings (SSSR count). The van der Waals surface area contributed by atoms with Crippen LogP contribution >= 0.6 is 0 Å². The highest BCUT2D eigenvalue weighted by Crippen LogP contribution is 2.65. The van der Waals surface area contributed by atoms with Gasteiger partial charge in [-0.2, -0.15) is 0 Å². The van der Waals surface area contributed by atoms with Crippen molar-refractivity contribution in [1.29, 1.82) is 0 Å². The van der Waals surface area contributed by atoms with E-state index in [0.717, 1.165) is 72.2 Å². The molecule has 1 aliphatic carbocycles. The molecular weight excluding hydrogens is 705 g/mol. The smallest absolute Gasteiger partial charge is 0.160 e. The van der Waals surface area contributed by atoms with Crippen molar-refractivity contribution in [2.75, 3.05) is 0 Å². The third kappa shape index (κ3) is 4.74. The molecule has 0 radical (unpaired) electrons. The van der Waals surface area contributed by atoms with E-state index in [-0.39, 0.29) is 0 Å². The summed E-state index contributed by atoms with van der Waals surface area (Å²) in [6.07, 6.45) is 0.